The molecule has 0 unspecified atom stereocenters. The van der Waals surface area contributed by atoms with E-state index in [9.17, 15) is 14.9 Å². The Morgan fingerprint density at radius 2 is 1.92 bits per heavy atom. The molecule has 1 amide bonds. The minimum atomic E-state index is -0.436. The number of nitro benzene ring substituents is 1. The lowest BCUT2D eigenvalue weighted by Crippen LogP contribution is -2.38. The van der Waals surface area contributed by atoms with Gasteiger partial charge in [-0.15, -0.1) is 0 Å². The summed E-state index contributed by atoms with van der Waals surface area (Å²) < 4.78 is 0. The monoisotopic (exact) mass is 373 g/mol. The van der Waals surface area contributed by atoms with Gasteiger partial charge in [-0.05, 0) is 59.8 Å². The molecule has 2 aromatic rings. The van der Waals surface area contributed by atoms with Crippen LogP contribution in [0.25, 0.3) is 0 Å². The van der Waals surface area contributed by atoms with Crippen molar-refractivity contribution in [3.05, 3.63) is 62.3 Å². The van der Waals surface area contributed by atoms with Crippen molar-refractivity contribution >= 4 is 22.9 Å². The SMILES string of the molecule is O=C(Cc1ccc([N+](=O)[O-])cc1)NCC1CCN(Cc2ccsc2)CC1. The number of carbonyl (C=O) groups excluding carboxylic acids is 1. The molecule has 0 aliphatic carbocycles. The Bertz CT molecular complexity index is 723. The smallest absolute Gasteiger partial charge is 0.269 e. The molecule has 1 N–H and O–H groups in total. The lowest BCUT2D eigenvalue weighted by molar-refractivity contribution is -0.384. The molecule has 6 nitrogen and oxygen atoms in total. The quantitative estimate of drug-likeness (QED) is 0.597. The van der Waals surface area contributed by atoms with Crippen LogP contribution < -0.4 is 5.32 Å². The second-order valence-electron chi connectivity index (χ2n) is 6.76. The van der Waals surface area contributed by atoms with Gasteiger partial charge in [0.2, 0.25) is 5.91 Å². The Morgan fingerprint density at radius 3 is 2.54 bits per heavy atom. The van der Waals surface area contributed by atoms with Gasteiger partial charge in [0.25, 0.3) is 5.69 Å². The van der Waals surface area contributed by atoms with Gasteiger partial charge >= 0.3 is 0 Å². The summed E-state index contributed by atoms with van der Waals surface area (Å²) in [6.45, 7) is 3.86. The molecule has 1 aromatic carbocycles. The van der Waals surface area contributed by atoms with Gasteiger partial charge in [0, 0.05) is 25.2 Å². The number of piperidine rings is 1. The predicted molar refractivity (Wildman–Crippen MR) is 102 cm³/mol. The number of nitro groups is 1. The van der Waals surface area contributed by atoms with Crippen molar-refractivity contribution in [3.8, 4) is 0 Å². The maximum atomic E-state index is 12.1. The van der Waals surface area contributed by atoms with Gasteiger partial charge in [-0.25, -0.2) is 0 Å². The molecular formula is C19H23N3O3S. The molecule has 1 aromatic heterocycles. The zero-order valence-electron chi connectivity index (χ0n) is 14.6. The predicted octanol–water partition coefficient (Wildman–Crippen LogP) is 3.23. The Hall–Kier alpha value is -2.25. The number of likely N-dealkylation sites (tertiary alicyclic amines) is 1. The van der Waals surface area contributed by atoms with Crippen molar-refractivity contribution in [2.45, 2.75) is 25.8 Å². The van der Waals surface area contributed by atoms with Gasteiger partial charge in [-0.1, -0.05) is 12.1 Å². The molecule has 0 spiro atoms. The van der Waals surface area contributed by atoms with E-state index in [0.717, 1.165) is 38.0 Å². The van der Waals surface area contributed by atoms with Crippen LogP contribution in [0, 0.1) is 16.0 Å². The highest BCUT2D eigenvalue weighted by atomic mass is 32.1. The minimum Gasteiger partial charge on any atom is -0.356 e. The number of rotatable bonds is 7. The number of carbonyl (C=O) groups is 1. The van der Waals surface area contributed by atoms with Gasteiger partial charge in [0.05, 0.1) is 11.3 Å². The molecule has 7 heteroatoms. The van der Waals surface area contributed by atoms with Crippen LogP contribution in [0.15, 0.2) is 41.1 Å². The van der Waals surface area contributed by atoms with Crippen LogP contribution in [-0.4, -0.2) is 35.4 Å². The fourth-order valence-corrected chi connectivity index (χ4v) is 3.89. The summed E-state index contributed by atoms with van der Waals surface area (Å²) in [5.74, 6) is 0.495. The molecule has 3 rings (SSSR count). The molecular weight excluding hydrogens is 350 g/mol. The topological polar surface area (TPSA) is 75.5 Å². The number of thiophene rings is 1. The number of non-ortho nitro benzene ring substituents is 1. The van der Waals surface area contributed by atoms with Crippen LogP contribution in [0.4, 0.5) is 5.69 Å². The molecule has 1 saturated heterocycles. The van der Waals surface area contributed by atoms with Crippen molar-refractivity contribution in [2.75, 3.05) is 19.6 Å². The normalized spacial score (nSPS) is 15.7. The summed E-state index contributed by atoms with van der Waals surface area (Å²) >= 11 is 1.74. The average molecular weight is 373 g/mol. The van der Waals surface area contributed by atoms with E-state index in [1.807, 2.05) is 0 Å². The van der Waals surface area contributed by atoms with E-state index < -0.39 is 4.92 Å². The highest BCUT2D eigenvalue weighted by Crippen LogP contribution is 2.19. The molecule has 138 valence electrons. The van der Waals surface area contributed by atoms with Crippen molar-refractivity contribution in [1.82, 2.24) is 10.2 Å². The van der Waals surface area contributed by atoms with Crippen molar-refractivity contribution < 1.29 is 9.72 Å². The summed E-state index contributed by atoms with van der Waals surface area (Å²) in [6, 6.07) is 8.33. The summed E-state index contributed by atoms with van der Waals surface area (Å²) in [5.41, 5.74) is 2.21. The van der Waals surface area contributed by atoms with E-state index in [0.29, 0.717) is 12.5 Å². The molecule has 0 bridgehead atoms. The maximum Gasteiger partial charge on any atom is 0.269 e. The molecule has 0 atom stereocenters. The zero-order valence-corrected chi connectivity index (χ0v) is 15.4. The van der Waals surface area contributed by atoms with Crippen LogP contribution in [0.1, 0.15) is 24.0 Å². The second-order valence-corrected chi connectivity index (χ2v) is 7.54. The first kappa shape index (κ1) is 18.5. The molecule has 0 saturated carbocycles. The second kappa shape index (κ2) is 8.91. The number of hydrogen-bond acceptors (Lipinski definition) is 5. The maximum absolute atomic E-state index is 12.1. The average Bonchev–Trinajstić information content (AvgIpc) is 3.15. The molecule has 1 aliphatic rings. The number of benzene rings is 1. The zero-order chi connectivity index (χ0) is 18.4. The Morgan fingerprint density at radius 1 is 1.19 bits per heavy atom. The lowest BCUT2D eigenvalue weighted by atomic mass is 9.96. The Balaban J connectivity index is 1.36. The molecule has 0 radical (unpaired) electrons. The molecule has 1 aliphatic heterocycles. The van der Waals surface area contributed by atoms with Crippen LogP contribution >= 0.6 is 11.3 Å². The Labute approximate surface area is 157 Å². The third kappa shape index (κ3) is 5.37. The van der Waals surface area contributed by atoms with E-state index in [1.165, 1.54) is 17.7 Å². The fraction of sp³-hybridized carbons (Fsp3) is 0.421. The number of amides is 1. The van der Waals surface area contributed by atoms with Gasteiger partial charge in [0.15, 0.2) is 0 Å². The molecule has 1 fully saturated rings. The van der Waals surface area contributed by atoms with E-state index in [-0.39, 0.29) is 18.0 Å². The van der Waals surface area contributed by atoms with Gasteiger partial charge in [-0.2, -0.15) is 11.3 Å². The van der Waals surface area contributed by atoms with Crippen LogP contribution in [0.5, 0.6) is 0 Å². The summed E-state index contributed by atoms with van der Waals surface area (Å²) in [6.07, 6.45) is 2.46. The first-order chi connectivity index (χ1) is 12.6. The first-order valence-electron chi connectivity index (χ1n) is 8.83. The van der Waals surface area contributed by atoms with Crippen LogP contribution in [0.3, 0.4) is 0 Å². The number of hydrogen-bond donors (Lipinski definition) is 1. The standard InChI is InChI=1S/C19H23N3O3S/c23-19(11-15-1-3-18(4-2-15)22(24)25)20-12-16-5-8-21(9-6-16)13-17-7-10-26-14-17/h1-4,7,10,14,16H,5-6,8-9,11-13H2,(H,20,23). The molecule has 26 heavy (non-hydrogen) atoms. The van der Waals surface area contributed by atoms with E-state index in [2.05, 4.69) is 27.0 Å². The van der Waals surface area contributed by atoms with Gasteiger partial charge in [-0.3, -0.25) is 19.8 Å². The lowest BCUT2D eigenvalue weighted by Gasteiger charge is -2.31. The van der Waals surface area contributed by atoms with Crippen LogP contribution in [0.2, 0.25) is 0 Å². The summed E-state index contributed by atoms with van der Waals surface area (Å²) in [5, 5.41) is 18.0. The van der Waals surface area contributed by atoms with E-state index in [4.69, 9.17) is 0 Å². The largest absolute Gasteiger partial charge is 0.356 e. The third-order valence-corrected chi connectivity index (χ3v) is 5.53. The molecule has 2 heterocycles. The van der Waals surface area contributed by atoms with Gasteiger partial charge in [0.1, 0.15) is 0 Å². The number of nitrogens with zero attached hydrogens (tertiary/aromatic N) is 2. The minimum absolute atomic E-state index is 0.0282. The highest BCUT2D eigenvalue weighted by molar-refractivity contribution is 7.07. The highest BCUT2D eigenvalue weighted by Gasteiger charge is 2.20. The van der Waals surface area contributed by atoms with E-state index in [1.54, 1.807) is 23.5 Å². The van der Waals surface area contributed by atoms with Crippen molar-refractivity contribution in [1.29, 1.82) is 0 Å². The van der Waals surface area contributed by atoms with E-state index >= 15 is 0 Å². The first-order valence-corrected chi connectivity index (χ1v) is 9.78. The number of nitrogens with one attached hydrogen (secondary N) is 1. The summed E-state index contributed by atoms with van der Waals surface area (Å²) in [4.78, 5) is 24.8. The van der Waals surface area contributed by atoms with Crippen molar-refractivity contribution in [2.24, 2.45) is 5.92 Å². The fourth-order valence-electron chi connectivity index (χ4n) is 3.23. The summed E-state index contributed by atoms with van der Waals surface area (Å²) in [7, 11) is 0. The third-order valence-electron chi connectivity index (χ3n) is 4.79. The Kier molecular flexibility index (Phi) is 6.35. The van der Waals surface area contributed by atoms with Crippen LogP contribution in [-0.2, 0) is 17.8 Å². The van der Waals surface area contributed by atoms with Gasteiger partial charge < -0.3 is 5.32 Å². The van der Waals surface area contributed by atoms with Crippen molar-refractivity contribution in [3.63, 3.8) is 0 Å².